The van der Waals surface area contributed by atoms with Crippen molar-refractivity contribution in [2.75, 3.05) is 0 Å². The summed E-state index contributed by atoms with van der Waals surface area (Å²) in [5.74, 6) is -0.213. The van der Waals surface area contributed by atoms with E-state index in [0.717, 1.165) is 5.56 Å². The lowest BCUT2D eigenvalue weighted by Gasteiger charge is -2.24. The van der Waals surface area contributed by atoms with Crippen LogP contribution < -0.4 is 15.7 Å². The molecule has 0 saturated heterocycles. The normalized spacial score (nSPS) is 12.6. The lowest BCUT2D eigenvalue weighted by atomic mass is 10.0. The van der Waals surface area contributed by atoms with E-state index in [9.17, 15) is 14.7 Å². The smallest absolute Gasteiger partial charge is 0.222 e. The first-order valence-corrected chi connectivity index (χ1v) is 6.11. The number of hydrogen-bond donors (Lipinski definition) is 2. The first kappa shape index (κ1) is 15.0. The zero-order chi connectivity index (χ0) is 14.5. The number of amides is 2. The lowest BCUT2D eigenvalue weighted by molar-refractivity contribution is -0.251. The van der Waals surface area contributed by atoms with Crippen LogP contribution in [0.15, 0.2) is 30.3 Å². The molecule has 19 heavy (non-hydrogen) atoms. The summed E-state index contributed by atoms with van der Waals surface area (Å²) in [5.41, 5.74) is 0.385. The quantitative estimate of drug-likeness (QED) is 0.849. The molecule has 1 rings (SSSR count). The van der Waals surface area contributed by atoms with E-state index in [0.29, 0.717) is 0 Å². The summed E-state index contributed by atoms with van der Waals surface area (Å²) in [6.45, 7) is 5.61. The van der Waals surface area contributed by atoms with E-state index in [4.69, 9.17) is 0 Å². The highest BCUT2D eigenvalue weighted by molar-refractivity contribution is 5.78. The molecule has 0 bridgehead atoms. The fraction of sp³-hybridized carbons (Fsp3) is 0.429. The van der Waals surface area contributed by atoms with Crippen LogP contribution >= 0.6 is 0 Å². The van der Waals surface area contributed by atoms with Gasteiger partial charge in [-0.3, -0.25) is 4.79 Å². The average Bonchev–Trinajstić information content (AvgIpc) is 2.26. The third-order valence-electron chi connectivity index (χ3n) is 2.40. The summed E-state index contributed by atoms with van der Waals surface area (Å²) in [6.07, 6.45) is -1.35. The molecule has 5 nitrogen and oxygen atoms in total. The van der Waals surface area contributed by atoms with Gasteiger partial charge in [-0.05, 0) is 26.3 Å². The van der Waals surface area contributed by atoms with E-state index in [2.05, 4.69) is 10.6 Å². The predicted octanol–water partition coefficient (Wildman–Crippen LogP) is 0.965. The van der Waals surface area contributed by atoms with Crippen LogP contribution in [0.25, 0.3) is 0 Å². The molecule has 0 saturated carbocycles. The Kier molecular flexibility index (Phi) is 4.92. The van der Waals surface area contributed by atoms with Crippen molar-refractivity contribution >= 4 is 12.0 Å². The van der Waals surface area contributed by atoms with E-state index in [-0.39, 0.29) is 17.9 Å². The SMILES string of the molecule is CC(C)(C)NC(=O)CC(NC(=O)[O-])c1ccccc1. The Bertz CT molecular complexity index is 438. The molecule has 1 aromatic rings. The summed E-state index contributed by atoms with van der Waals surface area (Å²) >= 11 is 0. The molecular weight excluding hydrogens is 244 g/mol. The molecule has 0 aliphatic heterocycles. The Balaban J connectivity index is 2.76. The van der Waals surface area contributed by atoms with E-state index in [1.54, 1.807) is 24.3 Å². The van der Waals surface area contributed by atoms with Crippen LogP contribution in [0.2, 0.25) is 0 Å². The number of carboxylic acid groups (broad SMARTS) is 1. The van der Waals surface area contributed by atoms with Crippen LogP contribution in [0.1, 0.15) is 38.8 Å². The minimum atomic E-state index is -1.39. The predicted molar refractivity (Wildman–Crippen MR) is 70.2 cm³/mol. The van der Waals surface area contributed by atoms with Gasteiger partial charge in [-0.2, -0.15) is 0 Å². The zero-order valence-corrected chi connectivity index (χ0v) is 11.4. The maximum atomic E-state index is 11.9. The number of rotatable bonds is 4. The van der Waals surface area contributed by atoms with Gasteiger partial charge >= 0.3 is 0 Å². The van der Waals surface area contributed by atoms with Gasteiger partial charge in [-0.1, -0.05) is 30.3 Å². The molecule has 0 spiro atoms. The van der Waals surface area contributed by atoms with Gasteiger partial charge in [0.2, 0.25) is 5.91 Å². The first-order valence-electron chi connectivity index (χ1n) is 6.11. The Labute approximate surface area is 113 Å². The molecule has 0 radical (unpaired) electrons. The lowest BCUT2D eigenvalue weighted by Crippen LogP contribution is -2.44. The fourth-order valence-corrected chi connectivity index (χ4v) is 1.73. The van der Waals surface area contributed by atoms with Crippen molar-refractivity contribution < 1.29 is 14.7 Å². The van der Waals surface area contributed by atoms with Crippen molar-refractivity contribution in [2.45, 2.75) is 38.8 Å². The van der Waals surface area contributed by atoms with Crippen LogP contribution in [-0.4, -0.2) is 17.5 Å². The highest BCUT2D eigenvalue weighted by Gasteiger charge is 2.19. The second-order valence-corrected chi connectivity index (χ2v) is 5.40. The summed E-state index contributed by atoms with van der Waals surface area (Å²) in [7, 11) is 0. The highest BCUT2D eigenvalue weighted by atomic mass is 16.4. The molecule has 2 N–H and O–H groups in total. The van der Waals surface area contributed by atoms with E-state index < -0.39 is 12.1 Å². The van der Waals surface area contributed by atoms with Gasteiger partial charge in [0.1, 0.15) is 6.09 Å². The second-order valence-electron chi connectivity index (χ2n) is 5.40. The van der Waals surface area contributed by atoms with Gasteiger partial charge in [-0.15, -0.1) is 0 Å². The second kappa shape index (κ2) is 6.22. The van der Waals surface area contributed by atoms with Crippen molar-refractivity contribution in [3.8, 4) is 0 Å². The molecule has 1 atom stereocenters. The first-order chi connectivity index (χ1) is 8.78. The van der Waals surface area contributed by atoms with Crippen LogP contribution in [-0.2, 0) is 4.79 Å². The Morgan fingerprint density at radius 1 is 1.21 bits per heavy atom. The maximum absolute atomic E-state index is 11.9. The van der Waals surface area contributed by atoms with Gasteiger partial charge in [0, 0.05) is 5.54 Å². The van der Waals surface area contributed by atoms with Crippen molar-refractivity contribution in [1.29, 1.82) is 0 Å². The van der Waals surface area contributed by atoms with Crippen molar-refractivity contribution in [3.05, 3.63) is 35.9 Å². The molecule has 1 aromatic carbocycles. The molecule has 0 aromatic heterocycles. The average molecular weight is 263 g/mol. The molecule has 104 valence electrons. The van der Waals surface area contributed by atoms with Crippen molar-refractivity contribution in [1.82, 2.24) is 10.6 Å². The minimum Gasteiger partial charge on any atom is -0.530 e. The summed E-state index contributed by atoms with van der Waals surface area (Å²) in [4.78, 5) is 22.6. The van der Waals surface area contributed by atoms with E-state index >= 15 is 0 Å². The van der Waals surface area contributed by atoms with E-state index in [1.807, 2.05) is 26.8 Å². The molecule has 0 heterocycles. The summed E-state index contributed by atoms with van der Waals surface area (Å²) in [5, 5.41) is 15.8. The van der Waals surface area contributed by atoms with Crippen molar-refractivity contribution in [2.24, 2.45) is 0 Å². The van der Waals surface area contributed by atoms with Crippen LogP contribution in [0.5, 0.6) is 0 Å². The number of carbonyl (C=O) groups excluding carboxylic acids is 2. The molecule has 0 aliphatic rings. The Hall–Kier alpha value is -2.04. The monoisotopic (exact) mass is 263 g/mol. The molecule has 1 unspecified atom stereocenters. The molecule has 2 amide bonds. The van der Waals surface area contributed by atoms with Gasteiger partial charge in [0.05, 0.1) is 12.5 Å². The fourth-order valence-electron chi connectivity index (χ4n) is 1.73. The highest BCUT2D eigenvalue weighted by Crippen LogP contribution is 2.16. The minimum absolute atomic E-state index is 0.0370. The molecule has 5 heteroatoms. The van der Waals surface area contributed by atoms with Gasteiger partial charge in [-0.25, -0.2) is 0 Å². The Morgan fingerprint density at radius 2 is 1.79 bits per heavy atom. The number of nitrogens with one attached hydrogen (secondary N) is 2. The third kappa shape index (κ3) is 5.90. The van der Waals surface area contributed by atoms with E-state index in [1.165, 1.54) is 0 Å². The van der Waals surface area contributed by atoms with Crippen LogP contribution in [0, 0.1) is 0 Å². The van der Waals surface area contributed by atoms with Gasteiger partial charge in [0.25, 0.3) is 0 Å². The number of carbonyl (C=O) groups is 2. The molecule has 0 aliphatic carbocycles. The molecular formula is C14H19N2O3-. The largest absolute Gasteiger partial charge is 0.530 e. The zero-order valence-electron chi connectivity index (χ0n) is 11.4. The maximum Gasteiger partial charge on any atom is 0.222 e. The van der Waals surface area contributed by atoms with Crippen LogP contribution in [0.3, 0.4) is 0 Å². The van der Waals surface area contributed by atoms with Crippen molar-refractivity contribution in [3.63, 3.8) is 0 Å². The van der Waals surface area contributed by atoms with Gasteiger partial charge < -0.3 is 20.5 Å². The third-order valence-corrected chi connectivity index (χ3v) is 2.40. The molecule has 0 fully saturated rings. The Morgan fingerprint density at radius 3 is 2.26 bits per heavy atom. The van der Waals surface area contributed by atoms with Crippen LogP contribution in [0.4, 0.5) is 4.79 Å². The van der Waals surface area contributed by atoms with Gasteiger partial charge in [0.15, 0.2) is 0 Å². The number of benzene rings is 1. The number of hydrogen-bond acceptors (Lipinski definition) is 3. The summed E-state index contributed by atoms with van der Waals surface area (Å²) < 4.78 is 0. The summed E-state index contributed by atoms with van der Waals surface area (Å²) in [6, 6.07) is 8.35. The standard InChI is InChI=1S/C14H20N2O3/c1-14(2,3)16-12(17)9-11(15-13(18)19)10-7-5-4-6-8-10/h4-8,11,15H,9H2,1-3H3,(H,16,17)(H,18,19)/p-1. The topological polar surface area (TPSA) is 81.3 Å².